The fourth-order valence-electron chi connectivity index (χ4n) is 5.70. The Bertz CT molecular complexity index is 1410. The number of esters is 2. The van der Waals surface area contributed by atoms with E-state index in [1.807, 2.05) is 20.8 Å². The number of carbonyl (C=O) groups excluding carboxylic acids is 4. The highest BCUT2D eigenvalue weighted by Crippen LogP contribution is 2.29. The van der Waals surface area contributed by atoms with Crippen LogP contribution in [0.4, 0.5) is 22.0 Å². The highest BCUT2D eigenvalue weighted by Gasteiger charge is 2.30. The number of hydrogen-bond acceptors (Lipinski definition) is 7. The Morgan fingerprint density at radius 2 is 1.23 bits per heavy atom. The first kappa shape index (κ1) is 45.3. The summed E-state index contributed by atoms with van der Waals surface area (Å²) in [5, 5.41) is 2.53. The third kappa shape index (κ3) is 18.1. The van der Waals surface area contributed by atoms with E-state index in [-0.39, 0.29) is 24.7 Å². The molecule has 53 heavy (non-hydrogen) atoms. The molecule has 0 aliphatic rings. The molecule has 2 atom stereocenters. The van der Waals surface area contributed by atoms with Crippen LogP contribution in [0.25, 0.3) is 0 Å². The summed E-state index contributed by atoms with van der Waals surface area (Å²) in [5.74, 6) is -16.1. The molecule has 13 heteroatoms. The monoisotopic (exact) mass is 755 g/mol. The molecule has 1 amide bonds. The number of hydrogen-bond donors (Lipinski definition) is 1. The first-order chi connectivity index (χ1) is 25.2. The number of ether oxygens (including phenoxy) is 3. The van der Waals surface area contributed by atoms with Gasteiger partial charge in [-0.3, -0.25) is 9.59 Å². The first-order valence-electron chi connectivity index (χ1n) is 18.6. The van der Waals surface area contributed by atoms with E-state index in [1.165, 1.54) is 12.8 Å². The minimum absolute atomic E-state index is 0.0779. The Balaban J connectivity index is 1.85. The molecule has 0 saturated carbocycles. The summed E-state index contributed by atoms with van der Waals surface area (Å²) in [6.45, 7) is 5.99. The second kappa shape index (κ2) is 24.4. The van der Waals surface area contributed by atoms with Crippen molar-refractivity contribution >= 4 is 24.1 Å². The summed E-state index contributed by atoms with van der Waals surface area (Å²) in [6.07, 6.45) is 13.4. The molecule has 0 spiro atoms. The normalized spacial score (nSPS) is 12.6. The van der Waals surface area contributed by atoms with Crippen LogP contribution in [0, 0.1) is 29.1 Å². The molecule has 0 heterocycles. The first-order valence-corrected chi connectivity index (χ1v) is 18.6. The van der Waals surface area contributed by atoms with Gasteiger partial charge in [-0.15, -0.1) is 0 Å². The van der Waals surface area contributed by atoms with Gasteiger partial charge in [0, 0.05) is 19.3 Å². The zero-order valence-corrected chi connectivity index (χ0v) is 31.1. The molecule has 0 bridgehead atoms. The topological polar surface area (TPSA) is 108 Å². The van der Waals surface area contributed by atoms with Crippen molar-refractivity contribution in [1.29, 1.82) is 0 Å². The molecule has 0 fully saturated rings. The summed E-state index contributed by atoms with van der Waals surface area (Å²) < 4.78 is 84.5. The lowest BCUT2D eigenvalue weighted by atomic mass is 10.0. The van der Waals surface area contributed by atoms with Gasteiger partial charge in [0.2, 0.25) is 40.7 Å². The number of carbonyl (C=O) groups is 4. The summed E-state index contributed by atoms with van der Waals surface area (Å²) in [6, 6.07) is 7.31. The summed E-state index contributed by atoms with van der Waals surface area (Å²) in [5.41, 5.74) is 0.394. The average molecular weight is 756 g/mol. The Labute approximate surface area is 309 Å². The molecule has 0 aliphatic heterocycles. The second-order valence-electron chi connectivity index (χ2n) is 14.1. The predicted octanol–water partition coefficient (Wildman–Crippen LogP) is 9.53. The lowest BCUT2D eigenvalue weighted by Crippen LogP contribution is -2.42. The van der Waals surface area contributed by atoms with Crippen molar-refractivity contribution in [1.82, 2.24) is 5.32 Å². The van der Waals surface area contributed by atoms with E-state index in [4.69, 9.17) is 9.47 Å². The maximum absolute atomic E-state index is 14.0. The number of aldehydes is 1. The Hall–Kier alpha value is -3.87. The van der Waals surface area contributed by atoms with Gasteiger partial charge in [-0.2, -0.15) is 8.78 Å². The lowest BCUT2D eigenvalue weighted by Gasteiger charge is -2.28. The van der Waals surface area contributed by atoms with Crippen LogP contribution in [-0.4, -0.2) is 41.9 Å². The van der Waals surface area contributed by atoms with Crippen LogP contribution in [0.3, 0.4) is 0 Å². The van der Waals surface area contributed by atoms with Gasteiger partial charge >= 0.3 is 11.9 Å². The SMILES string of the molecule is CC(C)(C)O[C@@H](CCCCCCCCCC=O)CCCCCCC(=O)NC(CCC(=O)Oc1c(F)c(F)c(F)c(F)c1F)C(=O)OCc1ccccc1. The number of benzene rings is 2. The quantitative estimate of drug-likeness (QED) is 0.0194. The molecular weight excluding hydrogens is 701 g/mol. The van der Waals surface area contributed by atoms with E-state index in [1.54, 1.807) is 30.3 Å². The minimum Gasteiger partial charge on any atom is -0.459 e. The van der Waals surface area contributed by atoms with Gasteiger partial charge in [-0.05, 0) is 58.4 Å². The molecule has 296 valence electrons. The molecule has 1 N–H and O–H groups in total. The predicted molar refractivity (Wildman–Crippen MR) is 189 cm³/mol. The van der Waals surface area contributed by atoms with Crippen molar-refractivity contribution < 1.29 is 55.3 Å². The highest BCUT2D eigenvalue weighted by molar-refractivity contribution is 5.85. The Morgan fingerprint density at radius 1 is 0.698 bits per heavy atom. The van der Waals surface area contributed by atoms with Gasteiger partial charge in [0.25, 0.3) is 0 Å². The standard InChI is InChI=1S/C40H54F5NO7/c1-40(2,3)53-29(21-15-8-6-4-5-7-11-18-26-47)22-16-9-10-17-23-31(48)46-30(39(50)51-27-28-19-13-12-14-20-28)24-25-32(49)52-38-36(44)34(42)33(41)35(43)37(38)45/h12-14,19-20,26,29-30H,4-11,15-18,21-25,27H2,1-3H3,(H,46,48)/t29-,30?/m0/s1. The van der Waals surface area contributed by atoms with Crippen LogP contribution in [0.2, 0.25) is 0 Å². The Morgan fingerprint density at radius 3 is 1.79 bits per heavy atom. The number of rotatable bonds is 26. The number of nitrogens with one attached hydrogen (secondary N) is 1. The molecule has 8 nitrogen and oxygen atoms in total. The zero-order valence-electron chi connectivity index (χ0n) is 31.1. The van der Waals surface area contributed by atoms with Gasteiger partial charge < -0.3 is 24.3 Å². The van der Waals surface area contributed by atoms with Gasteiger partial charge in [0.15, 0.2) is 0 Å². The fourth-order valence-corrected chi connectivity index (χ4v) is 5.70. The molecule has 2 rings (SSSR count). The van der Waals surface area contributed by atoms with Crippen molar-refractivity contribution in [2.45, 2.75) is 154 Å². The van der Waals surface area contributed by atoms with Gasteiger partial charge in [-0.25, -0.2) is 18.0 Å². The summed E-state index contributed by atoms with van der Waals surface area (Å²) in [7, 11) is 0. The van der Waals surface area contributed by atoms with E-state index < -0.39 is 71.6 Å². The van der Waals surface area contributed by atoms with E-state index in [9.17, 15) is 41.1 Å². The molecule has 1 unspecified atom stereocenters. The van der Waals surface area contributed by atoms with Crippen LogP contribution in [0.1, 0.15) is 135 Å². The molecule has 0 saturated heterocycles. The molecule has 0 aliphatic carbocycles. The van der Waals surface area contributed by atoms with Crippen LogP contribution in [0.15, 0.2) is 30.3 Å². The Kier molecular flexibility index (Phi) is 20.9. The van der Waals surface area contributed by atoms with Crippen molar-refractivity contribution in [2.24, 2.45) is 0 Å². The molecule has 2 aromatic rings. The lowest BCUT2D eigenvalue weighted by molar-refractivity contribution is -0.149. The van der Waals surface area contributed by atoms with Crippen molar-refractivity contribution in [3.63, 3.8) is 0 Å². The average Bonchev–Trinajstić information content (AvgIpc) is 3.12. The van der Waals surface area contributed by atoms with Crippen LogP contribution in [0.5, 0.6) is 5.75 Å². The fraction of sp³-hybridized carbons (Fsp3) is 0.600. The highest BCUT2D eigenvalue weighted by atomic mass is 19.2. The van der Waals surface area contributed by atoms with Gasteiger partial charge in [0.05, 0.1) is 11.7 Å². The van der Waals surface area contributed by atoms with Crippen molar-refractivity contribution in [3.8, 4) is 5.75 Å². The molecule has 2 aromatic carbocycles. The van der Waals surface area contributed by atoms with E-state index in [0.29, 0.717) is 18.4 Å². The number of halogens is 5. The van der Waals surface area contributed by atoms with E-state index >= 15 is 0 Å². The summed E-state index contributed by atoms with van der Waals surface area (Å²) in [4.78, 5) is 48.6. The third-order valence-corrected chi connectivity index (χ3v) is 8.41. The smallest absolute Gasteiger partial charge is 0.328 e. The minimum atomic E-state index is -2.40. The maximum Gasteiger partial charge on any atom is 0.328 e. The summed E-state index contributed by atoms with van der Waals surface area (Å²) >= 11 is 0. The molecular formula is C40H54F5NO7. The van der Waals surface area contributed by atoms with Gasteiger partial charge in [-0.1, -0.05) is 88.1 Å². The zero-order chi connectivity index (χ0) is 39.2. The van der Waals surface area contributed by atoms with E-state index in [2.05, 4.69) is 10.1 Å². The van der Waals surface area contributed by atoms with Crippen molar-refractivity contribution in [3.05, 3.63) is 65.0 Å². The van der Waals surface area contributed by atoms with Crippen LogP contribution >= 0.6 is 0 Å². The van der Waals surface area contributed by atoms with Crippen LogP contribution < -0.4 is 10.1 Å². The van der Waals surface area contributed by atoms with Gasteiger partial charge in [0.1, 0.15) is 18.9 Å². The second-order valence-corrected chi connectivity index (χ2v) is 14.1. The maximum atomic E-state index is 14.0. The largest absolute Gasteiger partial charge is 0.459 e. The van der Waals surface area contributed by atoms with Crippen molar-refractivity contribution in [2.75, 3.05) is 0 Å². The molecule has 0 radical (unpaired) electrons. The molecule has 0 aromatic heterocycles. The number of unbranched alkanes of at least 4 members (excludes halogenated alkanes) is 10. The van der Waals surface area contributed by atoms with Crippen LogP contribution in [-0.2, 0) is 35.3 Å². The third-order valence-electron chi connectivity index (χ3n) is 8.41. The van der Waals surface area contributed by atoms with E-state index in [0.717, 1.165) is 70.5 Å². The number of amides is 1.